The molecule has 2 rings (SSSR count). The van der Waals surface area contributed by atoms with Crippen molar-refractivity contribution in [2.75, 3.05) is 14.1 Å². The summed E-state index contributed by atoms with van der Waals surface area (Å²) in [5.74, 6) is 1.75. The van der Waals surface area contributed by atoms with E-state index in [1.54, 1.807) is 25.2 Å². The maximum absolute atomic E-state index is 11.8. The Morgan fingerprint density at radius 1 is 1.35 bits per heavy atom. The zero-order valence-corrected chi connectivity index (χ0v) is 14.1. The first-order valence-corrected chi connectivity index (χ1v) is 7.60. The monoisotopic (exact) mass is 316 g/mol. The number of aromatic nitrogens is 2. The predicted octanol–water partition coefficient (Wildman–Crippen LogP) is 1.57. The fourth-order valence-electron chi connectivity index (χ4n) is 2.13. The van der Waals surface area contributed by atoms with Gasteiger partial charge in [0.2, 0.25) is 5.91 Å². The van der Waals surface area contributed by atoms with E-state index in [1.165, 1.54) is 0 Å². The average Bonchev–Trinajstić information content (AvgIpc) is 2.96. The number of aryl methyl sites for hydroxylation is 1. The molecule has 124 valence electrons. The van der Waals surface area contributed by atoms with Crippen molar-refractivity contribution in [3.8, 4) is 5.75 Å². The van der Waals surface area contributed by atoms with E-state index in [-0.39, 0.29) is 11.9 Å². The molecule has 23 heavy (non-hydrogen) atoms. The fraction of sp³-hybridized carbons (Fsp3) is 0.412. The van der Waals surface area contributed by atoms with Gasteiger partial charge in [-0.3, -0.25) is 4.79 Å². The van der Waals surface area contributed by atoms with Gasteiger partial charge < -0.3 is 19.5 Å². The lowest BCUT2D eigenvalue weighted by Crippen LogP contribution is -2.41. The van der Waals surface area contributed by atoms with E-state index in [2.05, 4.69) is 10.3 Å². The summed E-state index contributed by atoms with van der Waals surface area (Å²) in [6.07, 6.45) is 3.65. The number of benzene rings is 1. The summed E-state index contributed by atoms with van der Waals surface area (Å²) in [5, 5.41) is 3.22. The number of carbonyl (C=O) groups excluding carboxylic acids is 1. The van der Waals surface area contributed by atoms with E-state index < -0.39 is 0 Å². The highest BCUT2D eigenvalue weighted by Gasteiger charge is 2.13. The molecule has 0 aliphatic carbocycles. The molecular weight excluding hydrogens is 292 g/mol. The van der Waals surface area contributed by atoms with Crippen LogP contribution in [0.3, 0.4) is 0 Å². The smallest absolute Gasteiger partial charge is 0.238 e. The molecule has 0 aliphatic heterocycles. The number of carbonyl (C=O) groups is 1. The third-order valence-corrected chi connectivity index (χ3v) is 3.64. The molecule has 6 nitrogen and oxygen atoms in total. The van der Waals surface area contributed by atoms with Crippen LogP contribution >= 0.6 is 0 Å². The summed E-state index contributed by atoms with van der Waals surface area (Å²) >= 11 is 0. The number of imidazole rings is 1. The molecule has 6 heteroatoms. The van der Waals surface area contributed by atoms with Gasteiger partial charge >= 0.3 is 0 Å². The van der Waals surface area contributed by atoms with Gasteiger partial charge in [0, 0.05) is 40.1 Å². The van der Waals surface area contributed by atoms with Crippen LogP contribution in [0.25, 0.3) is 0 Å². The van der Waals surface area contributed by atoms with Crippen LogP contribution in [-0.2, 0) is 25.0 Å². The summed E-state index contributed by atoms with van der Waals surface area (Å²) in [7, 11) is 5.46. The van der Waals surface area contributed by atoms with Gasteiger partial charge in [-0.25, -0.2) is 4.98 Å². The molecule has 1 aromatic heterocycles. The van der Waals surface area contributed by atoms with E-state index in [0.717, 1.165) is 17.1 Å². The Morgan fingerprint density at radius 2 is 2.04 bits per heavy atom. The van der Waals surface area contributed by atoms with E-state index in [9.17, 15) is 4.79 Å². The number of nitrogens with one attached hydrogen (secondary N) is 1. The molecule has 0 saturated carbocycles. The Balaban J connectivity index is 1.82. The zero-order valence-electron chi connectivity index (χ0n) is 14.1. The van der Waals surface area contributed by atoms with Crippen LogP contribution in [0.15, 0.2) is 36.7 Å². The minimum atomic E-state index is -0.204. The molecule has 0 spiro atoms. The van der Waals surface area contributed by atoms with Crippen LogP contribution in [0.4, 0.5) is 0 Å². The Kier molecular flexibility index (Phi) is 5.76. The maximum Gasteiger partial charge on any atom is 0.238 e. The number of ether oxygens (including phenoxy) is 1. The quantitative estimate of drug-likeness (QED) is 0.842. The summed E-state index contributed by atoms with van der Waals surface area (Å²) in [6, 6.07) is 7.64. The van der Waals surface area contributed by atoms with E-state index in [1.807, 2.05) is 49.0 Å². The van der Waals surface area contributed by atoms with Gasteiger partial charge in [-0.2, -0.15) is 0 Å². The first-order valence-electron chi connectivity index (χ1n) is 7.60. The lowest BCUT2D eigenvalue weighted by molar-refractivity contribution is -0.130. The van der Waals surface area contributed by atoms with E-state index >= 15 is 0 Å². The second-order valence-corrected chi connectivity index (χ2v) is 5.72. The number of likely N-dealkylation sites (N-methyl/N-ethyl adjacent to an activating group) is 1. The van der Waals surface area contributed by atoms with Crippen molar-refractivity contribution in [2.24, 2.45) is 7.05 Å². The Labute approximate surface area is 137 Å². The number of hydrogen-bond acceptors (Lipinski definition) is 4. The molecule has 1 aromatic carbocycles. The number of amides is 1. The normalized spacial score (nSPS) is 12.0. The van der Waals surface area contributed by atoms with Crippen LogP contribution in [0.1, 0.15) is 18.3 Å². The molecule has 1 atom stereocenters. The highest BCUT2D eigenvalue weighted by molar-refractivity contribution is 5.80. The van der Waals surface area contributed by atoms with Gasteiger partial charge in [0.05, 0.1) is 6.04 Å². The molecule has 0 fully saturated rings. The van der Waals surface area contributed by atoms with Crippen LogP contribution in [0.2, 0.25) is 0 Å². The fourth-order valence-corrected chi connectivity index (χ4v) is 2.13. The van der Waals surface area contributed by atoms with Gasteiger partial charge in [0.1, 0.15) is 18.2 Å². The Hall–Kier alpha value is -2.34. The molecular formula is C17H24N4O2. The largest absolute Gasteiger partial charge is 0.486 e. The maximum atomic E-state index is 11.8. The minimum Gasteiger partial charge on any atom is -0.486 e. The summed E-state index contributed by atoms with van der Waals surface area (Å²) in [5.41, 5.74) is 1.10. The van der Waals surface area contributed by atoms with Crippen molar-refractivity contribution in [2.45, 2.75) is 26.1 Å². The summed E-state index contributed by atoms with van der Waals surface area (Å²) < 4.78 is 7.65. The minimum absolute atomic E-state index is 0.0695. The molecule has 2 aromatic rings. The van der Waals surface area contributed by atoms with Crippen molar-refractivity contribution >= 4 is 5.91 Å². The molecule has 0 saturated heterocycles. The van der Waals surface area contributed by atoms with E-state index in [0.29, 0.717) is 13.2 Å². The van der Waals surface area contributed by atoms with Gasteiger partial charge in [0.25, 0.3) is 0 Å². The lowest BCUT2D eigenvalue weighted by Gasteiger charge is -2.18. The molecule has 0 unspecified atom stereocenters. The van der Waals surface area contributed by atoms with Crippen molar-refractivity contribution in [3.05, 3.63) is 48.0 Å². The molecule has 1 N–H and O–H groups in total. The van der Waals surface area contributed by atoms with Crippen molar-refractivity contribution in [1.82, 2.24) is 19.8 Å². The van der Waals surface area contributed by atoms with Gasteiger partial charge in [-0.05, 0) is 24.6 Å². The lowest BCUT2D eigenvalue weighted by atomic mass is 10.2. The van der Waals surface area contributed by atoms with Crippen molar-refractivity contribution in [3.63, 3.8) is 0 Å². The van der Waals surface area contributed by atoms with Crippen LogP contribution in [0.5, 0.6) is 5.75 Å². The average molecular weight is 316 g/mol. The molecule has 0 radical (unpaired) electrons. The molecule has 1 heterocycles. The van der Waals surface area contributed by atoms with Crippen molar-refractivity contribution < 1.29 is 9.53 Å². The highest BCUT2D eigenvalue weighted by atomic mass is 16.5. The summed E-state index contributed by atoms with van der Waals surface area (Å²) in [6.45, 7) is 2.95. The third kappa shape index (κ3) is 4.82. The topological polar surface area (TPSA) is 59.4 Å². The number of rotatable bonds is 7. The summed E-state index contributed by atoms with van der Waals surface area (Å²) in [4.78, 5) is 17.6. The van der Waals surface area contributed by atoms with Gasteiger partial charge in [0.15, 0.2) is 0 Å². The first-order chi connectivity index (χ1) is 11.0. The van der Waals surface area contributed by atoms with Crippen LogP contribution in [-0.4, -0.2) is 40.5 Å². The molecule has 1 amide bonds. The van der Waals surface area contributed by atoms with Gasteiger partial charge in [-0.1, -0.05) is 12.1 Å². The predicted molar refractivity (Wildman–Crippen MR) is 89.0 cm³/mol. The third-order valence-electron chi connectivity index (χ3n) is 3.64. The second-order valence-electron chi connectivity index (χ2n) is 5.72. The zero-order chi connectivity index (χ0) is 16.8. The van der Waals surface area contributed by atoms with E-state index in [4.69, 9.17) is 4.74 Å². The SMILES string of the molecule is C[C@@H](NCc1ccc(OCc2nccn2C)cc1)C(=O)N(C)C. The highest BCUT2D eigenvalue weighted by Crippen LogP contribution is 2.14. The standard InChI is InChI=1S/C17H24N4O2/c1-13(17(22)20(2)3)19-11-14-5-7-15(8-6-14)23-12-16-18-9-10-21(16)4/h5-10,13,19H,11-12H2,1-4H3/t13-/m1/s1. The Morgan fingerprint density at radius 3 is 2.61 bits per heavy atom. The van der Waals surface area contributed by atoms with Crippen molar-refractivity contribution in [1.29, 1.82) is 0 Å². The number of hydrogen-bond donors (Lipinski definition) is 1. The van der Waals surface area contributed by atoms with Crippen LogP contribution in [0, 0.1) is 0 Å². The molecule has 0 aliphatic rings. The Bertz CT molecular complexity index is 634. The second kappa shape index (κ2) is 7.78. The molecule has 0 bridgehead atoms. The van der Waals surface area contributed by atoms with Gasteiger partial charge in [-0.15, -0.1) is 0 Å². The first kappa shape index (κ1) is 17.0. The number of nitrogens with zero attached hydrogens (tertiary/aromatic N) is 3. The van der Waals surface area contributed by atoms with Crippen LogP contribution < -0.4 is 10.1 Å².